The Bertz CT molecular complexity index is 173. The van der Waals surface area contributed by atoms with Crippen LogP contribution in [0.25, 0.3) is 0 Å². The fourth-order valence-corrected chi connectivity index (χ4v) is 0.523. The molecule has 2 amide bonds. The average Bonchev–Trinajstić information content (AvgIpc) is 1.90. The molecule has 4 nitrogen and oxygen atoms in total. The topological polar surface area (TPSA) is 56.5 Å². The minimum absolute atomic E-state index is 0.464. The lowest BCUT2D eigenvalue weighted by Gasteiger charge is -2.12. The summed E-state index contributed by atoms with van der Waals surface area (Å²) in [5.41, 5.74) is 6.63. The molecule has 0 aliphatic carbocycles. The minimum atomic E-state index is -0.719. The number of nitrogens with zero attached hydrogens (tertiary/aromatic N) is 2. The summed E-state index contributed by atoms with van der Waals surface area (Å²) in [4.78, 5) is 15.1. The summed E-state index contributed by atoms with van der Waals surface area (Å²) in [6, 6.07) is -0.719. The number of hydrogen-bond acceptors (Lipinski definition) is 2. The fourth-order valence-electron chi connectivity index (χ4n) is 0.523. The molecular formula is C5H6N3O. The Hall–Kier alpha value is -1.32. The molecule has 1 heterocycles. The van der Waals surface area contributed by atoms with Gasteiger partial charge < -0.3 is 0 Å². The third kappa shape index (κ3) is 1.28. The van der Waals surface area contributed by atoms with Crippen molar-refractivity contribution in [3.8, 4) is 0 Å². The van der Waals surface area contributed by atoms with Crippen molar-refractivity contribution in [3.05, 3.63) is 12.3 Å². The summed E-state index contributed by atoms with van der Waals surface area (Å²) in [7, 11) is 0. The standard InChI is InChI=1S/C5H6N3O/c6-5(9)8-3-1-2-7-4-8/h1-2,4,6H,3H2. The molecule has 1 rings (SSSR count). The van der Waals surface area contributed by atoms with Crippen LogP contribution >= 0.6 is 0 Å². The molecule has 0 bridgehead atoms. The number of aliphatic imine (C=N–C) groups is 1. The zero-order chi connectivity index (χ0) is 6.69. The van der Waals surface area contributed by atoms with Gasteiger partial charge in [0.15, 0.2) is 0 Å². The van der Waals surface area contributed by atoms with Gasteiger partial charge in [0.05, 0.1) is 6.34 Å². The Morgan fingerprint density at radius 1 is 1.78 bits per heavy atom. The van der Waals surface area contributed by atoms with Gasteiger partial charge in [-0.3, -0.25) is 4.90 Å². The van der Waals surface area contributed by atoms with Crippen molar-refractivity contribution in [2.45, 2.75) is 0 Å². The number of nitrogens with one attached hydrogen (secondary N) is 1. The lowest BCUT2D eigenvalue weighted by atomic mass is 10.5. The first-order valence-corrected chi connectivity index (χ1v) is 2.51. The maximum atomic E-state index is 10.3. The number of amides is 2. The smallest absolute Gasteiger partial charge is 0.279 e. The summed E-state index contributed by atoms with van der Waals surface area (Å²) in [6.45, 7) is 0.464. The lowest BCUT2D eigenvalue weighted by Crippen LogP contribution is -2.30. The van der Waals surface area contributed by atoms with E-state index in [-0.39, 0.29) is 0 Å². The molecule has 0 saturated carbocycles. The SMILES string of the molecule is [NH]C(=O)N1C=NC=CC1. The van der Waals surface area contributed by atoms with Gasteiger partial charge >= 0.3 is 6.03 Å². The van der Waals surface area contributed by atoms with Crippen LogP contribution in [0.3, 0.4) is 0 Å². The van der Waals surface area contributed by atoms with Crippen LogP contribution in [-0.4, -0.2) is 23.8 Å². The van der Waals surface area contributed by atoms with Crippen molar-refractivity contribution in [1.29, 1.82) is 0 Å². The lowest BCUT2D eigenvalue weighted by molar-refractivity contribution is 0.232. The summed E-state index contributed by atoms with van der Waals surface area (Å²) >= 11 is 0. The molecule has 1 N–H and O–H groups in total. The van der Waals surface area contributed by atoms with Crippen molar-refractivity contribution in [3.63, 3.8) is 0 Å². The molecular weight excluding hydrogens is 118 g/mol. The highest BCUT2D eigenvalue weighted by molar-refractivity contribution is 5.85. The first-order valence-electron chi connectivity index (χ1n) is 2.51. The van der Waals surface area contributed by atoms with Gasteiger partial charge in [-0.1, -0.05) is 0 Å². The highest BCUT2D eigenvalue weighted by atomic mass is 16.2. The molecule has 9 heavy (non-hydrogen) atoms. The Balaban J connectivity index is 2.56. The van der Waals surface area contributed by atoms with Crippen molar-refractivity contribution in [1.82, 2.24) is 10.6 Å². The highest BCUT2D eigenvalue weighted by Gasteiger charge is 2.05. The van der Waals surface area contributed by atoms with Crippen LogP contribution in [0.5, 0.6) is 0 Å². The first kappa shape index (κ1) is 5.81. The van der Waals surface area contributed by atoms with E-state index in [0.29, 0.717) is 6.54 Å². The van der Waals surface area contributed by atoms with E-state index in [9.17, 15) is 4.79 Å². The Kier molecular flexibility index (Phi) is 1.48. The van der Waals surface area contributed by atoms with Crippen LogP contribution < -0.4 is 5.73 Å². The molecule has 0 saturated heterocycles. The van der Waals surface area contributed by atoms with E-state index in [1.54, 1.807) is 12.3 Å². The Morgan fingerprint density at radius 3 is 2.89 bits per heavy atom. The third-order valence-corrected chi connectivity index (χ3v) is 0.960. The molecule has 0 aromatic heterocycles. The molecule has 0 aromatic carbocycles. The number of urea groups is 1. The van der Waals surface area contributed by atoms with E-state index in [0.717, 1.165) is 0 Å². The molecule has 47 valence electrons. The molecule has 0 atom stereocenters. The van der Waals surface area contributed by atoms with Gasteiger partial charge in [0.25, 0.3) is 0 Å². The van der Waals surface area contributed by atoms with Gasteiger partial charge in [-0.2, -0.15) is 0 Å². The largest absolute Gasteiger partial charge is 0.341 e. The number of rotatable bonds is 0. The first-order chi connectivity index (χ1) is 4.30. The summed E-state index contributed by atoms with van der Waals surface area (Å²) in [5, 5.41) is 0. The Labute approximate surface area is 52.7 Å². The summed E-state index contributed by atoms with van der Waals surface area (Å²) in [5.74, 6) is 0. The van der Waals surface area contributed by atoms with E-state index in [1.807, 2.05) is 0 Å². The predicted molar refractivity (Wildman–Crippen MR) is 32.8 cm³/mol. The van der Waals surface area contributed by atoms with Gasteiger partial charge in [0.1, 0.15) is 0 Å². The second kappa shape index (κ2) is 2.30. The van der Waals surface area contributed by atoms with Crippen molar-refractivity contribution in [2.75, 3.05) is 6.54 Å². The van der Waals surface area contributed by atoms with Crippen molar-refractivity contribution < 1.29 is 4.79 Å². The van der Waals surface area contributed by atoms with Crippen LogP contribution in [0.2, 0.25) is 0 Å². The van der Waals surface area contributed by atoms with Crippen LogP contribution in [0.15, 0.2) is 17.3 Å². The average molecular weight is 124 g/mol. The molecule has 0 aromatic rings. The molecule has 1 radical (unpaired) electrons. The number of carbonyl (C=O) groups is 1. The van der Waals surface area contributed by atoms with Gasteiger partial charge in [-0.15, -0.1) is 0 Å². The van der Waals surface area contributed by atoms with Gasteiger partial charge in [-0.25, -0.2) is 15.5 Å². The van der Waals surface area contributed by atoms with Crippen LogP contribution in [0.4, 0.5) is 4.79 Å². The van der Waals surface area contributed by atoms with Gasteiger partial charge in [0, 0.05) is 12.7 Å². The molecule has 1 aliphatic rings. The third-order valence-electron chi connectivity index (χ3n) is 0.960. The molecule has 0 fully saturated rings. The fraction of sp³-hybridized carbons (Fsp3) is 0.200. The van der Waals surface area contributed by atoms with E-state index in [4.69, 9.17) is 5.73 Å². The quantitative estimate of drug-likeness (QED) is 0.456. The minimum Gasteiger partial charge on any atom is -0.279 e. The van der Waals surface area contributed by atoms with Gasteiger partial charge in [0.2, 0.25) is 0 Å². The van der Waals surface area contributed by atoms with Crippen molar-refractivity contribution >= 4 is 12.4 Å². The zero-order valence-electron chi connectivity index (χ0n) is 4.74. The van der Waals surface area contributed by atoms with Crippen LogP contribution in [0.1, 0.15) is 0 Å². The summed E-state index contributed by atoms with van der Waals surface area (Å²) < 4.78 is 0. The van der Waals surface area contributed by atoms with E-state index >= 15 is 0 Å². The maximum absolute atomic E-state index is 10.3. The number of hydrogen-bond donors (Lipinski definition) is 0. The zero-order valence-corrected chi connectivity index (χ0v) is 4.74. The molecule has 0 unspecified atom stereocenters. The monoisotopic (exact) mass is 124 g/mol. The maximum Gasteiger partial charge on any atom is 0.341 e. The second-order valence-electron chi connectivity index (χ2n) is 1.61. The van der Waals surface area contributed by atoms with Crippen molar-refractivity contribution in [2.24, 2.45) is 4.99 Å². The van der Waals surface area contributed by atoms with E-state index in [1.165, 1.54) is 11.2 Å². The predicted octanol–water partition coefficient (Wildman–Crippen LogP) is 0.247. The van der Waals surface area contributed by atoms with Crippen LogP contribution in [0, 0.1) is 0 Å². The molecule has 4 heteroatoms. The van der Waals surface area contributed by atoms with E-state index < -0.39 is 6.03 Å². The molecule has 1 aliphatic heterocycles. The van der Waals surface area contributed by atoms with Crippen LogP contribution in [-0.2, 0) is 0 Å². The number of carbonyl (C=O) groups excluding carboxylic acids is 1. The highest BCUT2D eigenvalue weighted by Crippen LogP contribution is 1.91. The molecule has 0 spiro atoms. The summed E-state index contributed by atoms with van der Waals surface area (Å²) in [6.07, 6.45) is 4.65. The van der Waals surface area contributed by atoms with Gasteiger partial charge in [-0.05, 0) is 6.08 Å². The van der Waals surface area contributed by atoms with E-state index in [2.05, 4.69) is 4.99 Å². The second-order valence-corrected chi connectivity index (χ2v) is 1.61. The Morgan fingerprint density at radius 2 is 2.56 bits per heavy atom. The normalized spacial score (nSPS) is 16.2.